The first kappa shape index (κ1) is 14.6. The minimum absolute atomic E-state index is 0.239. The molecule has 2 N–H and O–H groups in total. The zero-order valence-corrected chi connectivity index (χ0v) is 11.9. The summed E-state index contributed by atoms with van der Waals surface area (Å²) in [5, 5.41) is 17.6. The second-order valence-electron chi connectivity index (χ2n) is 4.83. The number of aliphatic hydroxyl groups is 1. The number of aliphatic hydroxyl groups excluding tert-OH is 1. The van der Waals surface area contributed by atoms with Crippen molar-refractivity contribution in [1.82, 2.24) is 15.1 Å². The van der Waals surface area contributed by atoms with E-state index in [1.807, 2.05) is 41.2 Å². The third-order valence-electron chi connectivity index (χ3n) is 3.18. The summed E-state index contributed by atoms with van der Waals surface area (Å²) in [6, 6.07) is 9.60. The average Bonchev–Trinajstić information content (AvgIpc) is 2.97. The lowest BCUT2D eigenvalue weighted by Gasteiger charge is -2.17. The molecule has 0 amide bonds. The highest BCUT2D eigenvalue weighted by Gasteiger charge is 2.10. The van der Waals surface area contributed by atoms with E-state index >= 15 is 0 Å². The number of methoxy groups -OCH3 is 1. The van der Waals surface area contributed by atoms with Crippen molar-refractivity contribution in [2.45, 2.75) is 25.6 Å². The van der Waals surface area contributed by atoms with E-state index in [1.165, 1.54) is 0 Å². The predicted molar refractivity (Wildman–Crippen MR) is 77.6 cm³/mol. The lowest BCUT2D eigenvalue weighted by molar-refractivity contribution is 0.169. The number of ether oxygens (including phenoxy) is 1. The molecule has 1 aromatic carbocycles. The molecule has 0 aliphatic carbocycles. The molecule has 0 saturated carbocycles. The first-order valence-corrected chi connectivity index (χ1v) is 6.72. The molecule has 5 heteroatoms. The summed E-state index contributed by atoms with van der Waals surface area (Å²) in [5.74, 6) is 0.793. The maximum atomic E-state index is 10.1. The molecule has 2 aromatic rings. The van der Waals surface area contributed by atoms with Crippen LogP contribution in [0.3, 0.4) is 0 Å². The number of aromatic nitrogens is 2. The van der Waals surface area contributed by atoms with Crippen LogP contribution in [0.25, 0.3) is 0 Å². The van der Waals surface area contributed by atoms with Crippen LogP contribution in [0.4, 0.5) is 0 Å². The number of hydrogen-bond acceptors (Lipinski definition) is 4. The van der Waals surface area contributed by atoms with Gasteiger partial charge in [-0.2, -0.15) is 5.10 Å². The lowest BCUT2D eigenvalue weighted by atomic mass is 10.1. The quantitative estimate of drug-likeness (QED) is 0.806. The van der Waals surface area contributed by atoms with Crippen molar-refractivity contribution in [2.24, 2.45) is 0 Å². The van der Waals surface area contributed by atoms with Crippen LogP contribution < -0.4 is 10.1 Å². The third-order valence-corrected chi connectivity index (χ3v) is 3.18. The Bertz CT molecular complexity index is 496. The van der Waals surface area contributed by atoms with Crippen molar-refractivity contribution in [3.8, 4) is 5.75 Å². The molecule has 0 aliphatic rings. The smallest absolute Gasteiger partial charge is 0.118 e. The molecule has 108 valence electrons. The zero-order chi connectivity index (χ0) is 14.4. The maximum absolute atomic E-state index is 10.1. The Hall–Kier alpha value is -1.85. The van der Waals surface area contributed by atoms with Gasteiger partial charge in [0, 0.05) is 25.0 Å². The average molecular weight is 275 g/mol. The largest absolute Gasteiger partial charge is 0.497 e. The molecule has 1 heterocycles. The van der Waals surface area contributed by atoms with E-state index in [0.29, 0.717) is 6.54 Å². The molecule has 1 aromatic heterocycles. The van der Waals surface area contributed by atoms with Crippen LogP contribution in [0, 0.1) is 0 Å². The Morgan fingerprint density at radius 2 is 2.10 bits per heavy atom. The summed E-state index contributed by atoms with van der Waals surface area (Å²) in [6.45, 7) is 3.36. The minimum atomic E-state index is -0.527. The van der Waals surface area contributed by atoms with Crippen LogP contribution in [0.2, 0.25) is 0 Å². The Labute approximate surface area is 119 Å². The highest BCUT2D eigenvalue weighted by Crippen LogP contribution is 2.17. The summed E-state index contributed by atoms with van der Waals surface area (Å²) in [7, 11) is 1.63. The monoisotopic (exact) mass is 275 g/mol. The minimum Gasteiger partial charge on any atom is -0.497 e. The van der Waals surface area contributed by atoms with Crippen LogP contribution in [0.5, 0.6) is 5.75 Å². The van der Waals surface area contributed by atoms with Gasteiger partial charge < -0.3 is 15.2 Å². The van der Waals surface area contributed by atoms with Gasteiger partial charge in [0.2, 0.25) is 0 Å². The summed E-state index contributed by atoms with van der Waals surface area (Å²) in [4.78, 5) is 0. The summed E-state index contributed by atoms with van der Waals surface area (Å²) >= 11 is 0. The topological polar surface area (TPSA) is 59.3 Å². The van der Waals surface area contributed by atoms with E-state index in [4.69, 9.17) is 4.74 Å². The number of benzene rings is 1. The van der Waals surface area contributed by atoms with Crippen LogP contribution in [-0.2, 0) is 6.54 Å². The molecular formula is C15H21N3O2. The fourth-order valence-electron chi connectivity index (χ4n) is 2.01. The van der Waals surface area contributed by atoms with Crippen LogP contribution in [0.1, 0.15) is 18.6 Å². The Kier molecular flexibility index (Phi) is 5.15. The van der Waals surface area contributed by atoms with Crippen molar-refractivity contribution in [2.75, 3.05) is 13.7 Å². The van der Waals surface area contributed by atoms with E-state index in [0.717, 1.165) is 17.9 Å². The van der Waals surface area contributed by atoms with Gasteiger partial charge >= 0.3 is 0 Å². The molecule has 0 aliphatic heterocycles. The Balaban J connectivity index is 1.80. The van der Waals surface area contributed by atoms with Gasteiger partial charge in [-0.15, -0.1) is 0 Å². The summed E-state index contributed by atoms with van der Waals surface area (Å²) in [6.07, 6.45) is 3.16. The van der Waals surface area contributed by atoms with Gasteiger partial charge in [-0.25, -0.2) is 0 Å². The van der Waals surface area contributed by atoms with Gasteiger partial charge in [-0.3, -0.25) is 4.68 Å². The van der Waals surface area contributed by atoms with E-state index < -0.39 is 6.10 Å². The molecule has 0 saturated heterocycles. The van der Waals surface area contributed by atoms with Gasteiger partial charge in [-0.1, -0.05) is 12.1 Å². The summed E-state index contributed by atoms with van der Waals surface area (Å²) < 4.78 is 6.97. The molecule has 5 nitrogen and oxygen atoms in total. The van der Waals surface area contributed by atoms with E-state index in [9.17, 15) is 5.11 Å². The molecular weight excluding hydrogens is 254 g/mol. The fraction of sp³-hybridized carbons (Fsp3) is 0.400. The fourth-order valence-corrected chi connectivity index (χ4v) is 2.01. The zero-order valence-electron chi connectivity index (χ0n) is 11.9. The molecule has 0 spiro atoms. The van der Waals surface area contributed by atoms with Crippen LogP contribution in [0.15, 0.2) is 42.7 Å². The highest BCUT2D eigenvalue weighted by molar-refractivity contribution is 5.28. The van der Waals surface area contributed by atoms with Crippen molar-refractivity contribution in [3.63, 3.8) is 0 Å². The van der Waals surface area contributed by atoms with E-state index in [1.54, 1.807) is 13.3 Å². The summed E-state index contributed by atoms with van der Waals surface area (Å²) in [5.41, 5.74) is 0.879. The van der Waals surface area contributed by atoms with Crippen LogP contribution in [-0.4, -0.2) is 34.6 Å². The molecule has 0 bridgehead atoms. The van der Waals surface area contributed by atoms with E-state index in [2.05, 4.69) is 17.3 Å². The second kappa shape index (κ2) is 7.07. The number of rotatable bonds is 7. The van der Waals surface area contributed by atoms with Crippen molar-refractivity contribution < 1.29 is 9.84 Å². The molecule has 0 radical (unpaired) electrons. The normalized spacial score (nSPS) is 13.9. The third kappa shape index (κ3) is 4.08. The number of hydrogen-bond donors (Lipinski definition) is 2. The van der Waals surface area contributed by atoms with Gasteiger partial charge in [0.25, 0.3) is 0 Å². The maximum Gasteiger partial charge on any atom is 0.118 e. The molecule has 20 heavy (non-hydrogen) atoms. The first-order valence-electron chi connectivity index (χ1n) is 6.72. The second-order valence-corrected chi connectivity index (χ2v) is 4.83. The standard InChI is InChI=1S/C15H21N3O2/c1-12(11-18-9-3-8-17-18)16-10-15(19)13-4-6-14(20-2)7-5-13/h3-9,12,15-16,19H,10-11H2,1-2H3/t12-,15-/m1/s1. The van der Waals surface area contributed by atoms with Gasteiger partial charge in [0.1, 0.15) is 5.75 Å². The lowest BCUT2D eigenvalue weighted by Crippen LogP contribution is -2.33. The van der Waals surface area contributed by atoms with Crippen LogP contribution >= 0.6 is 0 Å². The van der Waals surface area contributed by atoms with Gasteiger partial charge in [0.05, 0.1) is 19.8 Å². The SMILES string of the molecule is COc1ccc([C@H](O)CN[C@H](C)Cn2cccn2)cc1. The molecule has 2 atom stereocenters. The van der Waals surface area contributed by atoms with Crippen molar-refractivity contribution in [3.05, 3.63) is 48.3 Å². The van der Waals surface area contributed by atoms with Crippen molar-refractivity contribution in [1.29, 1.82) is 0 Å². The molecule has 2 rings (SSSR count). The van der Waals surface area contributed by atoms with E-state index in [-0.39, 0.29) is 6.04 Å². The van der Waals surface area contributed by atoms with Gasteiger partial charge in [-0.05, 0) is 30.7 Å². The Morgan fingerprint density at radius 3 is 2.70 bits per heavy atom. The number of nitrogens with zero attached hydrogens (tertiary/aromatic N) is 2. The Morgan fingerprint density at radius 1 is 1.35 bits per heavy atom. The molecule has 0 fully saturated rings. The number of nitrogens with one attached hydrogen (secondary N) is 1. The van der Waals surface area contributed by atoms with Gasteiger partial charge in [0.15, 0.2) is 0 Å². The predicted octanol–water partition coefficient (Wildman–Crippen LogP) is 1.60. The molecule has 0 unspecified atom stereocenters. The highest BCUT2D eigenvalue weighted by atomic mass is 16.5. The first-order chi connectivity index (χ1) is 9.69. The van der Waals surface area contributed by atoms with Crippen molar-refractivity contribution >= 4 is 0 Å².